The molecule has 0 aliphatic carbocycles. The van der Waals surface area contributed by atoms with Crippen molar-refractivity contribution in [2.45, 2.75) is 6.92 Å². The molecule has 0 aliphatic rings. The Morgan fingerprint density at radius 2 is 2.00 bits per heavy atom. The Morgan fingerprint density at radius 1 is 1.19 bits per heavy atom. The van der Waals surface area contributed by atoms with Gasteiger partial charge in [-0.3, -0.25) is 4.79 Å². The second-order valence-electron chi connectivity index (χ2n) is 6.59. The van der Waals surface area contributed by atoms with E-state index in [1.807, 2.05) is 62.3 Å². The zero-order valence-corrected chi connectivity index (χ0v) is 15.3. The molecule has 0 atom stereocenters. The number of benzene rings is 2. The van der Waals surface area contributed by atoms with Gasteiger partial charge in [-0.25, -0.2) is 9.97 Å². The largest absolute Gasteiger partial charge is 0.368 e. The number of aromatic nitrogens is 2. The number of carbonyl (C=O) groups excluding carboxylic acids is 1. The van der Waals surface area contributed by atoms with Crippen molar-refractivity contribution in [1.29, 1.82) is 0 Å². The molecule has 1 heterocycles. The molecule has 3 rings (SSSR count). The van der Waals surface area contributed by atoms with Crippen LogP contribution in [0.15, 0.2) is 42.6 Å². The molecule has 0 radical (unpaired) electrons. The van der Waals surface area contributed by atoms with E-state index in [1.54, 1.807) is 6.20 Å². The van der Waals surface area contributed by atoms with Crippen molar-refractivity contribution in [3.05, 3.63) is 53.7 Å². The molecular weight excluding hydrogens is 326 g/mol. The second-order valence-corrected chi connectivity index (χ2v) is 6.59. The van der Waals surface area contributed by atoms with Crippen molar-refractivity contribution in [2.24, 2.45) is 0 Å². The number of fused-ring (bicyclic) bond motifs is 1. The summed E-state index contributed by atoms with van der Waals surface area (Å²) in [6.45, 7) is 3.45. The maximum absolute atomic E-state index is 12.4. The highest BCUT2D eigenvalue weighted by Gasteiger charge is 2.10. The van der Waals surface area contributed by atoms with Crippen LogP contribution in [0.2, 0.25) is 0 Å². The van der Waals surface area contributed by atoms with Crippen LogP contribution < -0.4 is 11.1 Å². The number of rotatable bonds is 5. The molecule has 0 saturated carbocycles. The van der Waals surface area contributed by atoms with Gasteiger partial charge in [-0.2, -0.15) is 0 Å². The van der Waals surface area contributed by atoms with E-state index in [-0.39, 0.29) is 11.9 Å². The fourth-order valence-electron chi connectivity index (χ4n) is 2.78. The Bertz CT molecular complexity index is 952. The summed E-state index contributed by atoms with van der Waals surface area (Å²) >= 11 is 0. The standard InChI is InChI=1S/C20H23N5O/c1-13-4-5-15(19(26)22-8-9-25(2)3)11-17(13)14-6-7-18-16(10-14)12-23-20(21)24-18/h4-7,10-12H,8-9H2,1-3H3,(H,22,26)(H2,21,23,24). The van der Waals surface area contributed by atoms with Gasteiger partial charge < -0.3 is 16.0 Å². The van der Waals surface area contributed by atoms with Crippen molar-refractivity contribution in [3.8, 4) is 11.1 Å². The topological polar surface area (TPSA) is 84.1 Å². The molecule has 0 saturated heterocycles. The number of carbonyl (C=O) groups is 1. The van der Waals surface area contributed by atoms with E-state index in [0.717, 1.165) is 34.1 Å². The summed E-state index contributed by atoms with van der Waals surface area (Å²) < 4.78 is 0. The lowest BCUT2D eigenvalue weighted by Gasteiger charge is -2.12. The van der Waals surface area contributed by atoms with Gasteiger partial charge in [0.1, 0.15) is 0 Å². The molecule has 0 bridgehead atoms. The number of nitrogens with zero attached hydrogens (tertiary/aromatic N) is 3. The van der Waals surface area contributed by atoms with Gasteiger partial charge in [0.05, 0.1) is 5.52 Å². The number of anilines is 1. The van der Waals surface area contributed by atoms with Crippen molar-refractivity contribution in [1.82, 2.24) is 20.2 Å². The minimum Gasteiger partial charge on any atom is -0.368 e. The molecule has 134 valence electrons. The number of amides is 1. The van der Waals surface area contributed by atoms with Crippen LogP contribution in [-0.4, -0.2) is 48.0 Å². The summed E-state index contributed by atoms with van der Waals surface area (Å²) in [4.78, 5) is 22.7. The quantitative estimate of drug-likeness (QED) is 0.739. The third-order valence-corrected chi connectivity index (χ3v) is 4.25. The zero-order valence-electron chi connectivity index (χ0n) is 15.3. The SMILES string of the molecule is Cc1ccc(C(=O)NCCN(C)C)cc1-c1ccc2nc(N)ncc2c1. The third-order valence-electron chi connectivity index (χ3n) is 4.25. The third kappa shape index (κ3) is 3.97. The number of likely N-dealkylation sites (N-methyl/N-ethyl adjacent to an activating group) is 1. The highest BCUT2D eigenvalue weighted by Crippen LogP contribution is 2.27. The Kier molecular flexibility index (Phi) is 5.14. The van der Waals surface area contributed by atoms with E-state index in [2.05, 4.69) is 15.3 Å². The number of hydrogen-bond acceptors (Lipinski definition) is 5. The van der Waals surface area contributed by atoms with Crippen LogP contribution in [0.1, 0.15) is 15.9 Å². The average molecular weight is 349 g/mol. The molecule has 3 aromatic rings. The highest BCUT2D eigenvalue weighted by atomic mass is 16.1. The van der Waals surface area contributed by atoms with Crippen molar-refractivity contribution >= 4 is 22.8 Å². The number of aryl methyl sites for hydroxylation is 1. The number of nitrogens with one attached hydrogen (secondary N) is 1. The zero-order chi connectivity index (χ0) is 18.7. The fourth-order valence-corrected chi connectivity index (χ4v) is 2.78. The van der Waals surface area contributed by atoms with Crippen molar-refractivity contribution in [3.63, 3.8) is 0 Å². The van der Waals surface area contributed by atoms with Gasteiger partial charge in [0, 0.05) is 30.2 Å². The molecule has 1 amide bonds. The van der Waals surface area contributed by atoms with E-state index in [9.17, 15) is 4.79 Å². The first kappa shape index (κ1) is 17.8. The lowest BCUT2D eigenvalue weighted by Crippen LogP contribution is -2.31. The lowest BCUT2D eigenvalue weighted by molar-refractivity contribution is 0.0951. The van der Waals surface area contributed by atoms with E-state index in [1.165, 1.54) is 0 Å². The first-order chi connectivity index (χ1) is 12.4. The summed E-state index contributed by atoms with van der Waals surface area (Å²) in [7, 11) is 3.96. The second kappa shape index (κ2) is 7.49. The number of nitrogens with two attached hydrogens (primary N) is 1. The van der Waals surface area contributed by atoms with Crippen LogP contribution in [0.25, 0.3) is 22.0 Å². The lowest BCUT2D eigenvalue weighted by atomic mass is 9.97. The molecule has 2 aromatic carbocycles. The summed E-state index contributed by atoms with van der Waals surface area (Å²) in [5.74, 6) is 0.197. The summed E-state index contributed by atoms with van der Waals surface area (Å²) in [6, 6.07) is 11.7. The van der Waals surface area contributed by atoms with Gasteiger partial charge in [0.25, 0.3) is 5.91 Å². The molecule has 6 heteroatoms. The number of hydrogen-bond donors (Lipinski definition) is 2. The van der Waals surface area contributed by atoms with Crippen LogP contribution in [0, 0.1) is 6.92 Å². The minimum atomic E-state index is -0.0648. The summed E-state index contributed by atoms with van der Waals surface area (Å²) in [5.41, 5.74) is 10.2. The van der Waals surface area contributed by atoms with Crippen molar-refractivity contribution in [2.75, 3.05) is 32.9 Å². The highest BCUT2D eigenvalue weighted by molar-refractivity contribution is 5.96. The molecule has 6 nitrogen and oxygen atoms in total. The van der Waals surface area contributed by atoms with Crippen LogP contribution >= 0.6 is 0 Å². The predicted octanol–water partition coefficient (Wildman–Crippen LogP) is 2.48. The molecule has 0 unspecified atom stereocenters. The summed E-state index contributed by atoms with van der Waals surface area (Å²) in [6.07, 6.45) is 1.72. The average Bonchev–Trinajstić information content (AvgIpc) is 2.61. The predicted molar refractivity (Wildman–Crippen MR) is 105 cm³/mol. The van der Waals surface area contributed by atoms with Crippen LogP contribution in [0.3, 0.4) is 0 Å². The Hall–Kier alpha value is -2.99. The van der Waals surface area contributed by atoms with E-state index >= 15 is 0 Å². The van der Waals surface area contributed by atoms with Gasteiger partial charge in [-0.05, 0) is 62.0 Å². The maximum atomic E-state index is 12.4. The Labute approximate surface area is 153 Å². The monoisotopic (exact) mass is 349 g/mol. The van der Waals surface area contributed by atoms with E-state index in [0.29, 0.717) is 12.1 Å². The van der Waals surface area contributed by atoms with Crippen molar-refractivity contribution < 1.29 is 4.79 Å². The Morgan fingerprint density at radius 3 is 2.77 bits per heavy atom. The van der Waals surface area contributed by atoms with Gasteiger partial charge in [-0.15, -0.1) is 0 Å². The van der Waals surface area contributed by atoms with Crippen LogP contribution in [0.5, 0.6) is 0 Å². The molecule has 0 fully saturated rings. The fraction of sp³-hybridized carbons (Fsp3) is 0.250. The number of nitrogen functional groups attached to an aromatic ring is 1. The van der Waals surface area contributed by atoms with Gasteiger partial charge in [0.2, 0.25) is 5.95 Å². The van der Waals surface area contributed by atoms with E-state index in [4.69, 9.17) is 5.73 Å². The minimum absolute atomic E-state index is 0.0648. The molecule has 0 aliphatic heterocycles. The van der Waals surface area contributed by atoms with Crippen LogP contribution in [0.4, 0.5) is 5.95 Å². The molecule has 26 heavy (non-hydrogen) atoms. The first-order valence-electron chi connectivity index (χ1n) is 8.50. The van der Waals surface area contributed by atoms with Gasteiger partial charge >= 0.3 is 0 Å². The van der Waals surface area contributed by atoms with E-state index < -0.39 is 0 Å². The normalized spacial score (nSPS) is 11.1. The van der Waals surface area contributed by atoms with Gasteiger partial charge in [0.15, 0.2) is 0 Å². The molecule has 1 aromatic heterocycles. The van der Waals surface area contributed by atoms with Crippen LogP contribution in [-0.2, 0) is 0 Å². The first-order valence-corrected chi connectivity index (χ1v) is 8.50. The van der Waals surface area contributed by atoms with Gasteiger partial charge in [-0.1, -0.05) is 12.1 Å². The molecular formula is C20H23N5O. The Balaban J connectivity index is 1.90. The molecule has 0 spiro atoms. The maximum Gasteiger partial charge on any atom is 0.251 e. The molecule has 3 N–H and O–H groups in total. The smallest absolute Gasteiger partial charge is 0.251 e. The summed E-state index contributed by atoms with van der Waals surface area (Å²) in [5, 5.41) is 3.86.